The minimum Gasteiger partial charge on any atom is -0.468 e. The van der Waals surface area contributed by atoms with E-state index in [2.05, 4.69) is 14.9 Å². The standard InChI is InChI=1S/C7H11N3O5S/c1-15-7(12)6(4-11)10-16(13,14)5-2-8-9-3-5/h2-3,6,10-11H,4H2,1H3,(H,8,9). The van der Waals surface area contributed by atoms with E-state index in [1.165, 1.54) is 0 Å². The van der Waals surface area contributed by atoms with E-state index in [1.807, 2.05) is 4.72 Å². The summed E-state index contributed by atoms with van der Waals surface area (Å²) in [7, 11) is -2.79. The fourth-order valence-electron chi connectivity index (χ4n) is 0.944. The Balaban J connectivity index is 2.84. The van der Waals surface area contributed by atoms with Crippen molar-refractivity contribution in [1.29, 1.82) is 0 Å². The van der Waals surface area contributed by atoms with E-state index in [4.69, 9.17) is 5.11 Å². The first-order chi connectivity index (χ1) is 7.51. The topological polar surface area (TPSA) is 121 Å². The second-order valence-corrected chi connectivity index (χ2v) is 4.53. The molecule has 0 bridgehead atoms. The number of nitrogens with one attached hydrogen (secondary N) is 2. The zero-order valence-electron chi connectivity index (χ0n) is 8.37. The molecule has 1 heterocycles. The number of esters is 1. The normalized spacial score (nSPS) is 13.4. The van der Waals surface area contributed by atoms with Crippen molar-refractivity contribution in [3.63, 3.8) is 0 Å². The fraction of sp³-hybridized carbons (Fsp3) is 0.429. The largest absolute Gasteiger partial charge is 0.468 e. The van der Waals surface area contributed by atoms with Crippen LogP contribution >= 0.6 is 0 Å². The molecule has 9 heteroatoms. The highest BCUT2D eigenvalue weighted by Crippen LogP contribution is 2.05. The summed E-state index contributed by atoms with van der Waals surface area (Å²) >= 11 is 0. The van der Waals surface area contributed by atoms with Crippen LogP contribution in [0.2, 0.25) is 0 Å². The first-order valence-corrected chi connectivity index (χ1v) is 5.69. The SMILES string of the molecule is COC(=O)C(CO)NS(=O)(=O)c1cn[nH]c1. The number of carbonyl (C=O) groups excluding carboxylic acids is 1. The zero-order chi connectivity index (χ0) is 12.2. The predicted molar refractivity (Wildman–Crippen MR) is 51.8 cm³/mol. The van der Waals surface area contributed by atoms with Crippen LogP contribution in [0.25, 0.3) is 0 Å². The maximum absolute atomic E-state index is 11.6. The number of nitrogens with zero attached hydrogens (tertiary/aromatic N) is 1. The summed E-state index contributed by atoms with van der Waals surface area (Å²) < 4.78 is 29.5. The van der Waals surface area contributed by atoms with Gasteiger partial charge in [0.25, 0.3) is 0 Å². The number of H-pyrrole nitrogens is 1. The third-order valence-corrected chi connectivity index (χ3v) is 3.19. The van der Waals surface area contributed by atoms with E-state index < -0.39 is 28.6 Å². The van der Waals surface area contributed by atoms with Crippen LogP contribution in [0.1, 0.15) is 0 Å². The molecule has 3 N–H and O–H groups in total. The molecule has 16 heavy (non-hydrogen) atoms. The minimum atomic E-state index is -3.89. The number of methoxy groups -OCH3 is 1. The zero-order valence-corrected chi connectivity index (χ0v) is 9.19. The number of aliphatic hydroxyl groups excluding tert-OH is 1. The monoisotopic (exact) mass is 249 g/mol. The van der Waals surface area contributed by atoms with Gasteiger partial charge in [0.05, 0.1) is 19.9 Å². The molecule has 0 aliphatic carbocycles. The van der Waals surface area contributed by atoms with Crippen LogP contribution in [-0.4, -0.2) is 49.4 Å². The number of carbonyl (C=O) groups is 1. The lowest BCUT2D eigenvalue weighted by Gasteiger charge is -2.12. The Bertz CT molecular complexity index is 441. The number of hydrogen-bond acceptors (Lipinski definition) is 6. The van der Waals surface area contributed by atoms with Crippen molar-refractivity contribution < 1.29 is 23.1 Å². The Morgan fingerprint density at radius 1 is 1.75 bits per heavy atom. The average molecular weight is 249 g/mol. The Hall–Kier alpha value is -1.45. The van der Waals surface area contributed by atoms with Gasteiger partial charge in [-0.05, 0) is 0 Å². The van der Waals surface area contributed by atoms with Crippen LogP contribution in [0.15, 0.2) is 17.3 Å². The lowest BCUT2D eigenvalue weighted by molar-refractivity contribution is -0.143. The van der Waals surface area contributed by atoms with Crippen molar-refractivity contribution >= 4 is 16.0 Å². The Morgan fingerprint density at radius 2 is 2.44 bits per heavy atom. The van der Waals surface area contributed by atoms with Crippen LogP contribution in [0.3, 0.4) is 0 Å². The number of aliphatic hydroxyl groups is 1. The Kier molecular flexibility index (Phi) is 3.99. The van der Waals surface area contributed by atoms with E-state index in [-0.39, 0.29) is 4.90 Å². The summed E-state index contributed by atoms with van der Waals surface area (Å²) in [5, 5.41) is 14.6. The summed E-state index contributed by atoms with van der Waals surface area (Å²) in [6, 6.07) is -1.33. The molecule has 8 nitrogen and oxygen atoms in total. The van der Waals surface area contributed by atoms with E-state index in [9.17, 15) is 13.2 Å². The molecule has 1 aromatic heterocycles. The van der Waals surface area contributed by atoms with Gasteiger partial charge < -0.3 is 9.84 Å². The van der Waals surface area contributed by atoms with E-state index in [1.54, 1.807) is 0 Å². The Morgan fingerprint density at radius 3 is 2.88 bits per heavy atom. The lowest BCUT2D eigenvalue weighted by Crippen LogP contribution is -2.43. The summed E-state index contributed by atoms with van der Waals surface area (Å²) in [5.74, 6) is -0.866. The molecule has 0 amide bonds. The molecule has 1 rings (SSSR count). The molecule has 0 saturated carbocycles. The van der Waals surface area contributed by atoms with Crippen molar-refractivity contribution in [3.05, 3.63) is 12.4 Å². The second-order valence-electron chi connectivity index (χ2n) is 2.81. The van der Waals surface area contributed by atoms with Crippen LogP contribution < -0.4 is 4.72 Å². The number of aromatic amines is 1. The van der Waals surface area contributed by atoms with Crippen LogP contribution in [0.4, 0.5) is 0 Å². The first kappa shape index (κ1) is 12.6. The van der Waals surface area contributed by atoms with Crippen molar-refractivity contribution in [2.45, 2.75) is 10.9 Å². The van der Waals surface area contributed by atoms with Gasteiger partial charge in [0, 0.05) is 6.20 Å². The van der Waals surface area contributed by atoms with Gasteiger partial charge in [0.2, 0.25) is 10.0 Å². The number of ether oxygens (including phenoxy) is 1. The molecule has 0 fully saturated rings. The molecular formula is C7H11N3O5S. The predicted octanol–water partition coefficient (Wildman–Crippen LogP) is -1.78. The molecule has 0 aliphatic heterocycles. The molecule has 1 unspecified atom stereocenters. The maximum Gasteiger partial charge on any atom is 0.326 e. The molecule has 0 spiro atoms. The van der Waals surface area contributed by atoms with Crippen LogP contribution in [0.5, 0.6) is 0 Å². The number of sulfonamides is 1. The third kappa shape index (κ3) is 2.78. The number of aromatic nitrogens is 2. The van der Waals surface area contributed by atoms with Gasteiger partial charge in [-0.2, -0.15) is 9.82 Å². The van der Waals surface area contributed by atoms with Crippen LogP contribution in [0, 0.1) is 0 Å². The molecule has 1 atom stereocenters. The van der Waals surface area contributed by atoms with Gasteiger partial charge in [-0.1, -0.05) is 0 Å². The van der Waals surface area contributed by atoms with Gasteiger partial charge >= 0.3 is 5.97 Å². The van der Waals surface area contributed by atoms with Gasteiger partial charge in [-0.25, -0.2) is 8.42 Å². The lowest BCUT2D eigenvalue weighted by atomic mass is 10.3. The van der Waals surface area contributed by atoms with Gasteiger partial charge in [-0.3, -0.25) is 9.89 Å². The van der Waals surface area contributed by atoms with E-state index in [0.717, 1.165) is 19.5 Å². The van der Waals surface area contributed by atoms with Crippen molar-refractivity contribution in [2.75, 3.05) is 13.7 Å². The quantitative estimate of drug-likeness (QED) is 0.530. The van der Waals surface area contributed by atoms with E-state index >= 15 is 0 Å². The van der Waals surface area contributed by atoms with Gasteiger partial charge in [0.1, 0.15) is 10.9 Å². The molecular weight excluding hydrogens is 238 g/mol. The highest BCUT2D eigenvalue weighted by Gasteiger charge is 2.26. The smallest absolute Gasteiger partial charge is 0.326 e. The molecule has 0 aromatic carbocycles. The molecule has 90 valence electrons. The summed E-state index contributed by atoms with van der Waals surface area (Å²) in [5.41, 5.74) is 0. The highest BCUT2D eigenvalue weighted by atomic mass is 32.2. The van der Waals surface area contributed by atoms with Crippen molar-refractivity contribution in [3.8, 4) is 0 Å². The molecule has 0 radical (unpaired) electrons. The van der Waals surface area contributed by atoms with Crippen LogP contribution in [-0.2, 0) is 19.6 Å². The Labute approximate surface area is 91.7 Å². The molecule has 0 aliphatic rings. The van der Waals surface area contributed by atoms with Gasteiger partial charge in [0.15, 0.2) is 0 Å². The first-order valence-electron chi connectivity index (χ1n) is 4.21. The number of rotatable bonds is 5. The summed E-state index contributed by atoms with van der Waals surface area (Å²) in [6.45, 7) is -0.691. The molecule has 1 aromatic rings. The second kappa shape index (κ2) is 5.05. The average Bonchev–Trinajstić information content (AvgIpc) is 2.78. The summed E-state index contributed by atoms with van der Waals surface area (Å²) in [6.07, 6.45) is 2.22. The van der Waals surface area contributed by atoms with E-state index in [0.29, 0.717) is 0 Å². The highest BCUT2D eigenvalue weighted by molar-refractivity contribution is 7.89. The summed E-state index contributed by atoms with van der Waals surface area (Å²) in [4.78, 5) is 10.9. The van der Waals surface area contributed by atoms with Crippen molar-refractivity contribution in [1.82, 2.24) is 14.9 Å². The third-order valence-electron chi connectivity index (χ3n) is 1.75. The number of hydrogen-bond donors (Lipinski definition) is 3. The minimum absolute atomic E-state index is 0.130. The maximum atomic E-state index is 11.6. The molecule has 0 saturated heterocycles. The fourth-order valence-corrected chi connectivity index (χ4v) is 2.02. The van der Waals surface area contributed by atoms with Crippen molar-refractivity contribution in [2.24, 2.45) is 0 Å². The van der Waals surface area contributed by atoms with Gasteiger partial charge in [-0.15, -0.1) is 0 Å².